The largest absolute Gasteiger partial charge is 0.310 e. The highest BCUT2D eigenvalue weighted by atomic mass is 16.1. The van der Waals surface area contributed by atoms with Gasteiger partial charge in [0.2, 0.25) is 0 Å². The van der Waals surface area contributed by atoms with Crippen LogP contribution in [0.25, 0.3) is 5.82 Å². The van der Waals surface area contributed by atoms with E-state index in [9.17, 15) is 4.79 Å². The zero-order chi connectivity index (χ0) is 19.3. The number of nitrogens with zero attached hydrogens (tertiary/aromatic N) is 6. The van der Waals surface area contributed by atoms with Crippen LogP contribution in [0.1, 0.15) is 42.9 Å². The molecule has 0 bridgehead atoms. The Morgan fingerprint density at radius 3 is 2.79 bits per heavy atom. The molecule has 1 aromatic carbocycles. The van der Waals surface area contributed by atoms with Crippen LogP contribution in [0.3, 0.4) is 0 Å². The molecule has 8 nitrogen and oxygen atoms in total. The first-order valence-corrected chi connectivity index (χ1v) is 9.40. The van der Waals surface area contributed by atoms with Gasteiger partial charge in [0.05, 0.1) is 17.7 Å². The van der Waals surface area contributed by atoms with E-state index in [1.165, 1.54) is 12.4 Å². The number of hydrogen-bond acceptors (Lipinski definition) is 6. The normalized spacial score (nSPS) is 19.2. The second kappa shape index (κ2) is 8.15. The Balaban J connectivity index is 1.37. The van der Waals surface area contributed by atoms with Crippen molar-refractivity contribution in [2.75, 3.05) is 0 Å². The Hall–Kier alpha value is -3.31. The third kappa shape index (κ3) is 4.00. The number of aromatic nitrogens is 5. The van der Waals surface area contributed by atoms with Gasteiger partial charge in [0, 0.05) is 18.7 Å². The molecule has 0 atom stereocenters. The Bertz CT molecular complexity index is 1030. The summed E-state index contributed by atoms with van der Waals surface area (Å²) in [5.74, 6) is 0.592. The number of benzene rings is 1. The smallest absolute Gasteiger partial charge is 0.267 e. The number of hydrogen-bond donors (Lipinski definition) is 1. The van der Waals surface area contributed by atoms with Crippen molar-refractivity contribution in [1.82, 2.24) is 29.9 Å². The molecule has 0 spiro atoms. The maximum Gasteiger partial charge on any atom is 0.267 e. The first kappa shape index (κ1) is 18.1. The molecule has 2 aromatic heterocycles. The van der Waals surface area contributed by atoms with Crippen LogP contribution in [0.5, 0.6) is 0 Å². The fourth-order valence-corrected chi connectivity index (χ4v) is 3.66. The highest BCUT2D eigenvalue weighted by molar-refractivity contribution is 5.32. The van der Waals surface area contributed by atoms with Gasteiger partial charge in [-0.25, -0.2) is 14.3 Å². The maximum absolute atomic E-state index is 12.3. The SMILES string of the molecule is N#Cc1cccc(CNC2CCC(n3nc(-n4cncn4)ccc3=O)CC2)c1. The second-order valence-corrected chi connectivity index (χ2v) is 7.01. The Morgan fingerprint density at radius 1 is 1.18 bits per heavy atom. The van der Waals surface area contributed by atoms with Crippen LogP contribution in [-0.2, 0) is 6.54 Å². The molecular weight excluding hydrogens is 354 g/mol. The van der Waals surface area contributed by atoms with Gasteiger partial charge in [0.1, 0.15) is 12.7 Å². The van der Waals surface area contributed by atoms with E-state index in [1.54, 1.807) is 21.8 Å². The second-order valence-electron chi connectivity index (χ2n) is 7.01. The van der Waals surface area contributed by atoms with Gasteiger partial charge in [-0.3, -0.25) is 4.79 Å². The standard InChI is InChI=1S/C20H21N7O/c21-11-15-2-1-3-16(10-15)12-23-17-4-6-18(7-5-17)27-20(28)9-8-19(25-27)26-14-22-13-24-26/h1-3,8-10,13-14,17-18,23H,4-7,12H2. The summed E-state index contributed by atoms with van der Waals surface area (Å²) >= 11 is 0. The van der Waals surface area contributed by atoms with Gasteiger partial charge in [-0.05, 0) is 49.4 Å². The van der Waals surface area contributed by atoms with Crippen LogP contribution >= 0.6 is 0 Å². The molecule has 142 valence electrons. The van der Waals surface area contributed by atoms with E-state index in [0.29, 0.717) is 17.4 Å². The van der Waals surface area contributed by atoms with E-state index in [1.807, 2.05) is 24.3 Å². The van der Waals surface area contributed by atoms with Gasteiger partial charge < -0.3 is 5.32 Å². The molecule has 4 rings (SSSR count). The lowest BCUT2D eigenvalue weighted by molar-refractivity contribution is 0.268. The summed E-state index contributed by atoms with van der Waals surface area (Å²) < 4.78 is 3.14. The molecule has 0 aliphatic heterocycles. The highest BCUT2D eigenvalue weighted by Crippen LogP contribution is 2.27. The van der Waals surface area contributed by atoms with Gasteiger partial charge in [-0.15, -0.1) is 5.10 Å². The topological polar surface area (TPSA) is 101 Å². The molecule has 3 aromatic rings. The van der Waals surface area contributed by atoms with E-state index in [0.717, 1.165) is 37.8 Å². The summed E-state index contributed by atoms with van der Waals surface area (Å²) in [4.78, 5) is 16.2. The molecular formula is C20H21N7O. The minimum Gasteiger partial charge on any atom is -0.310 e. The van der Waals surface area contributed by atoms with Gasteiger partial charge in [0.15, 0.2) is 5.82 Å². The summed E-state index contributed by atoms with van der Waals surface area (Å²) in [6.07, 6.45) is 6.75. The van der Waals surface area contributed by atoms with Crippen molar-refractivity contribution in [3.05, 3.63) is 70.5 Å². The lowest BCUT2D eigenvalue weighted by atomic mass is 9.91. The molecule has 1 aliphatic carbocycles. The van der Waals surface area contributed by atoms with Gasteiger partial charge >= 0.3 is 0 Å². The van der Waals surface area contributed by atoms with Crippen molar-refractivity contribution in [3.63, 3.8) is 0 Å². The van der Waals surface area contributed by atoms with Gasteiger partial charge in [-0.2, -0.15) is 10.4 Å². The molecule has 1 fully saturated rings. The summed E-state index contributed by atoms with van der Waals surface area (Å²) in [5.41, 5.74) is 1.70. The summed E-state index contributed by atoms with van der Waals surface area (Å²) in [6.45, 7) is 0.741. The molecule has 1 N–H and O–H groups in total. The molecule has 2 heterocycles. The lowest BCUT2D eigenvalue weighted by Crippen LogP contribution is -2.36. The number of nitrogens with one attached hydrogen (secondary N) is 1. The zero-order valence-corrected chi connectivity index (χ0v) is 15.4. The molecule has 28 heavy (non-hydrogen) atoms. The van der Waals surface area contributed by atoms with Gasteiger partial charge in [0.25, 0.3) is 5.56 Å². The molecule has 0 radical (unpaired) electrons. The van der Waals surface area contributed by atoms with Crippen LogP contribution in [0, 0.1) is 11.3 Å². The van der Waals surface area contributed by atoms with Crippen molar-refractivity contribution >= 4 is 0 Å². The third-order valence-electron chi connectivity index (χ3n) is 5.16. The van der Waals surface area contributed by atoms with E-state index in [-0.39, 0.29) is 11.6 Å². The van der Waals surface area contributed by atoms with Crippen molar-refractivity contribution in [2.45, 2.75) is 44.3 Å². The van der Waals surface area contributed by atoms with Crippen LogP contribution < -0.4 is 10.9 Å². The van der Waals surface area contributed by atoms with Crippen molar-refractivity contribution in [1.29, 1.82) is 5.26 Å². The van der Waals surface area contributed by atoms with Crippen LogP contribution in [-0.4, -0.2) is 30.6 Å². The third-order valence-corrected chi connectivity index (χ3v) is 5.16. The monoisotopic (exact) mass is 375 g/mol. The highest BCUT2D eigenvalue weighted by Gasteiger charge is 2.23. The lowest BCUT2D eigenvalue weighted by Gasteiger charge is -2.29. The predicted octanol–water partition coefficient (Wildman–Crippen LogP) is 1.97. The summed E-state index contributed by atoms with van der Waals surface area (Å²) in [6, 6.07) is 13.5. The fraction of sp³-hybridized carbons (Fsp3) is 0.350. The minimum absolute atomic E-state index is 0.0893. The Kier molecular flexibility index (Phi) is 5.26. The number of nitriles is 1. The van der Waals surface area contributed by atoms with Crippen LogP contribution in [0.15, 0.2) is 53.8 Å². The minimum atomic E-state index is -0.0893. The average Bonchev–Trinajstić information content (AvgIpc) is 3.28. The van der Waals surface area contributed by atoms with Crippen LogP contribution in [0.4, 0.5) is 0 Å². The zero-order valence-electron chi connectivity index (χ0n) is 15.4. The molecule has 1 saturated carbocycles. The Morgan fingerprint density at radius 2 is 2.04 bits per heavy atom. The average molecular weight is 375 g/mol. The Labute approximate surface area is 162 Å². The van der Waals surface area contributed by atoms with Crippen molar-refractivity contribution in [2.24, 2.45) is 0 Å². The molecule has 0 unspecified atom stereocenters. The molecule has 8 heteroatoms. The quantitative estimate of drug-likeness (QED) is 0.732. The van der Waals surface area contributed by atoms with Gasteiger partial charge in [-0.1, -0.05) is 12.1 Å². The van der Waals surface area contributed by atoms with Crippen molar-refractivity contribution in [3.8, 4) is 11.9 Å². The van der Waals surface area contributed by atoms with E-state index < -0.39 is 0 Å². The molecule has 0 amide bonds. The van der Waals surface area contributed by atoms with E-state index >= 15 is 0 Å². The first-order chi connectivity index (χ1) is 13.7. The van der Waals surface area contributed by atoms with E-state index in [2.05, 4.69) is 26.6 Å². The molecule has 0 saturated heterocycles. The predicted molar refractivity (Wildman–Crippen MR) is 103 cm³/mol. The first-order valence-electron chi connectivity index (χ1n) is 9.40. The van der Waals surface area contributed by atoms with Crippen LogP contribution in [0.2, 0.25) is 0 Å². The van der Waals surface area contributed by atoms with E-state index in [4.69, 9.17) is 5.26 Å². The fourth-order valence-electron chi connectivity index (χ4n) is 3.66. The molecule has 1 aliphatic rings. The maximum atomic E-state index is 12.3. The van der Waals surface area contributed by atoms with Crippen molar-refractivity contribution < 1.29 is 0 Å². The number of rotatable bonds is 5. The summed E-state index contributed by atoms with van der Waals surface area (Å²) in [7, 11) is 0. The summed E-state index contributed by atoms with van der Waals surface area (Å²) in [5, 5.41) is 21.1.